The van der Waals surface area contributed by atoms with Crippen LogP contribution < -0.4 is 11.1 Å². The molecule has 0 radical (unpaired) electrons. The number of piperidine rings is 1. The Morgan fingerprint density at radius 3 is 2.60 bits per heavy atom. The maximum Gasteiger partial charge on any atom is 0.313 e. The molecule has 1 atom stereocenters. The number of primary amides is 1. The Morgan fingerprint density at radius 1 is 1.27 bits per heavy atom. The summed E-state index contributed by atoms with van der Waals surface area (Å²) >= 11 is 0. The van der Waals surface area contributed by atoms with Crippen molar-refractivity contribution in [3.05, 3.63) is 59.7 Å². The summed E-state index contributed by atoms with van der Waals surface area (Å²) in [5.74, 6) is -7.10. The first-order chi connectivity index (χ1) is 14.1. The minimum absolute atomic E-state index is 0.0298. The first-order valence-electron chi connectivity index (χ1n) is 9.06. The van der Waals surface area contributed by atoms with Crippen LogP contribution >= 0.6 is 0 Å². The van der Waals surface area contributed by atoms with Gasteiger partial charge in [-0.1, -0.05) is 6.58 Å². The van der Waals surface area contributed by atoms with Gasteiger partial charge in [0.25, 0.3) is 0 Å². The van der Waals surface area contributed by atoms with E-state index in [0.29, 0.717) is 25.3 Å². The topological polar surface area (TPSA) is 105 Å². The number of carbonyl (C=O) groups excluding carboxylic acids is 3. The molecule has 1 saturated heterocycles. The van der Waals surface area contributed by atoms with Gasteiger partial charge in [0.15, 0.2) is 11.7 Å². The van der Waals surface area contributed by atoms with E-state index in [4.69, 9.17) is 5.73 Å². The maximum absolute atomic E-state index is 13.8. The van der Waals surface area contributed by atoms with Crippen molar-refractivity contribution in [2.45, 2.75) is 32.2 Å². The van der Waals surface area contributed by atoms with Crippen LogP contribution in [0.5, 0.6) is 0 Å². The number of pyridine rings is 1. The molecule has 3 amide bonds. The van der Waals surface area contributed by atoms with E-state index in [9.17, 15) is 27.6 Å². The van der Waals surface area contributed by atoms with Crippen LogP contribution in [-0.2, 0) is 9.59 Å². The SMILES string of the molecule is C=C(/C=C(F)\C(F)=C(/C)F)[C@@H]1CCCCN1C(=O)C(=O)Nc1cncc(C(N)=O)c1. The first-order valence-corrected chi connectivity index (χ1v) is 9.06. The molecule has 160 valence electrons. The number of likely N-dealkylation sites (tertiary alicyclic amines) is 1. The van der Waals surface area contributed by atoms with Crippen LogP contribution in [0.1, 0.15) is 36.5 Å². The highest BCUT2D eigenvalue weighted by atomic mass is 19.2. The summed E-state index contributed by atoms with van der Waals surface area (Å²) in [7, 11) is 0. The average Bonchev–Trinajstić information content (AvgIpc) is 2.72. The molecule has 0 unspecified atom stereocenters. The number of carbonyl (C=O) groups is 3. The van der Waals surface area contributed by atoms with Crippen LogP contribution in [0.4, 0.5) is 18.9 Å². The molecule has 1 aliphatic rings. The number of nitrogens with one attached hydrogen (secondary N) is 1. The Kier molecular flexibility index (Phi) is 7.51. The summed E-state index contributed by atoms with van der Waals surface area (Å²) in [4.78, 5) is 41.2. The summed E-state index contributed by atoms with van der Waals surface area (Å²) in [5, 5.41) is 2.33. The molecular weight excluding hydrogens is 401 g/mol. The predicted molar refractivity (Wildman–Crippen MR) is 104 cm³/mol. The third-order valence-electron chi connectivity index (χ3n) is 4.49. The highest BCUT2D eigenvalue weighted by molar-refractivity contribution is 6.39. The fraction of sp³-hybridized carbons (Fsp3) is 0.300. The van der Waals surface area contributed by atoms with Gasteiger partial charge in [-0.25, -0.2) is 13.2 Å². The van der Waals surface area contributed by atoms with E-state index in [1.165, 1.54) is 23.4 Å². The zero-order valence-corrected chi connectivity index (χ0v) is 16.3. The monoisotopic (exact) mass is 422 g/mol. The molecule has 1 aromatic rings. The van der Waals surface area contributed by atoms with Gasteiger partial charge in [0.2, 0.25) is 5.91 Å². The Labute approximate surface area is 171 Å². The van der Waals surface area contributed by atoms with Crippen molar-refractivity contribution < 1.29 is 27.6 Å². The van der Waals surface area contributed by atoms with Crippen molar-refractivity contribution >= 4 is 23.4 Å². The Bertz CT molecular complexity index is 939. The summed E-state index contributed by atoms with van der Waals surface area (Å²) in [6, 6.07) is 0.505. The molecule has 0 spiro atoms. The summed E-state index contributed by atoms with van der Waals surface area (Å²) < 4.78 is 40.1. The largest absolute Gasteiger partial charge is 0.366 e. The fourth-order valence-corrected chi connectivity index (χ4v) is 3.01. The molecule has 3 N–H and O–H groups in total. The van der Waals surface area contributed by atoms with E-state index in [1.807, 2.05) is 0 Å². The number of hydrogen-bond acceptors (Lipinski definition) is 4. The average molecular weight is 422 g/mol. The number of nitrogens with two attached hydrogens (primary N) is 1. The van der Waals surface area contributed by atoms with Crippen molar-refractivity contribution in [2.75, 3.05) is 11.9 Å². The van der Waals surface area contributed by atoms with Gasteiger partial charge in [-0.05, 0) is 43.9 Å². The number of anilines is 1. The van der Waals surface area contributed by atoms with Crippen molar-refractivity contribution in [3.63, 3.8) is 0 Å². The number of nitrogens with zero attached hydrogens (tertiary/aromatic N) is 2. The molecule has 1 fully saturated rings. The lowest BCUT2D eigenvalue weighted by Gasteiger charge is -2.35. The Hall–Kier alpha value is -3.43. The van der Waals surface area contributed by atoms with Gasteiger partial charge in [-0.15, -0.1) is 0 Å². The number of halogens is 3. The highest BCUT2D eigenvalue weighted by Crippen LogP contribution is 2.27. The van der Waals surface area contributed by atoms with E-state index < -0.39 is 41.2 Å². The van der Waals surface area contributed by atoms with Gasteiger partial charge in [-0.2, -0.15) is 0 Å². The second kappa shape index (κ2) is 9.86. The van der Waals surface area contributed by atoms with Gasteiger partial charge in [0.1, 0.15) is 5.83 Å². The van der Waals surface area contributed by atoms with Crippen molar-refractivity contribution in [2.24, 2.45) is 5.73 Å². The van der Waals surface area contributed by atoms with E-state index in [0.717, 1.165) is 6.92 Å². The number of allylic oxidation sites excluding steroid dienone is 3. The second-order valence-electron chi connectivity index (χ2n) is 6.71. The predicted octanol–water partition coefficient (Wildman–Crippen LogP) is 3.08. The molecule has 1 aromatic heterocycles. The molecular formula is C20H21F3N4O3. The zero-order chi connectivity index (χ0) is 22.4. The quantitative estimate of drug-likeness (QED) is 0.562. The van der Waals surface area contributed by atoms with E-state index in [-0.39, 0.29) is 23.4 Å². The molecule has 10 heteroatoms. The molecule has 2 rings (SSSR count). The number of rotatable bonds is 5. The Morgan fingerprint density at radius 2 is 1.97 bits per heavy atom. The number of aromatic nitrogens is 1. The van der Waals surface area contributed by atoms with Gasteiger partial charge in [0, 0.05) is 12.7 Å². The van der Waals surface area contributed by atoms with E-state index >= 15 is 0 Å². The lowest BCUT2D eigenvalue weighted by molar-refractivity contribution is -0.145. The summed E-state index contributed by atoms with van der Waals surface area (Å²) in [5.41, 5.74) is 5.32. The molecule has 0 bridgehead atoms. The van der Waals surface area contributed by atoms with E-state index in [2.05, 4.69) is 16.9 Å². The summed E-state index contributed by atoms with van der Waals surface area (Å²) in [6.07, 6.45) is 4.81. The smallest absolute Gasteiger partial charge is 0.313 e. The normalized spacial score (nSPS) is 17.8. The van der Waals surface area contributed by atoms with Crippen LogP contribution in [0.25, 0.3) is 0 Å². The molecule has 30 heavy (non-hydrogen) atoms. The van der Waals surface area contributed by atoms with Crippen LogP contribution in [0.15, 0.2) is 54.2 Å². The third-order valence-corrected chi connectivity index (χ3v) is 4.49. The lowest BCUT2D eigenvalue weighted by atomic mass is 9.95. The van der Waals surface area contributed by atoms with Crippen LogP contribution in [0, 0.1) is 0 Å². The Balaban J connectivity index is 2.17. The number of hydrogen-bond donors (Lipinski definition) is 2. The standard InChI is InChI=1S/C20H21F3N4O3/c1-11(7-15(22)17(23)12(2)21)16-5-3-4-6-27(16)20(30)19(29)26-14-8-13(18(24)28)9-25-10-14/h7-10,16H,1,3-6H2,2H3,(H2,24,28)(H,26,29)/b15-7+,17-12-/t16-/m0/s1. The molecule has 7 nitrogen and oxygen atoms in total. The van der Waals surface area contributed by atoms with E-state index in [1.54, 1.807) is 0 Å². The first kappa shape index (κ1) is 22.9. The zero-order valence-electron chi connectivity index (χ0n) is 16.3. The third kappa shape index (κ3) is 5.56. The van der Waals surface area contributed by atoms with Gasteiger partial charge >= 0.3 is 11.8 Å². The van der Waals surface area contributed by atoms with Crippen molar-refractivity contribution in [3.8, 4) is 0 Å². The van der Waals surface area contributed by atoms with Crippen LogP contribution in [0.3, 0.4) is 0 Å². The molecule has 0 aliphatic carbocycles. The van der Waals surface area contributed by atoms with Gasteiger partial charge in [0.05, 0.1) is 23.5 Å². The van der Waals surface area contributed by atoms with Gasteiger partial charge in [-0.3, -0.25) is 19.4 Å². The minimum Gasteiger partial charge on any atom is -0.366 e. The molecule has 0 saturated carbocycles. The molecule has 0 aromatic carbocycles. The minimum atomic E-state index is -1.65. The van der Waals surface area contributed by atoms with Gasteiger partial charge < -0.3 is 16.0 Å². The van der Waals surface area contributed by atoms with Crippen molar-refractivity contribution in [1.29, 1.82) is 0 Å². The molecule has 1 aliphatic heterocycles. The fourth-order valence-electron chi connectivity index (χ4n) is 3.01. The summed E-state index contributed by atoms with van der Waals surface area (Å²) in [6.45, 7) is 4.62. The van der Waals surface area contributed by atoms with Crippen molar-refractivity contribution in [1.82, 2.24) is 9.88 Å². The van der Waals surface area contributed by atoms with Crippen LogP contribution in [-0.4, -0.2) is 40.2 Å². The highest BCUT2D eigenvalue weighted by Gasteiger charge is 2.32. The lowest BCUT2D eigenvalue weighted by Crippen LogP contribution is -2.48. The second-order valence-corrected chi connectivity index (χ2v) is 6.71. The van der Waals surface area contributed by atoms with Crippen LogP contribution in [0.2, 0.25) is 0 Å². The number of amides is 3. The molecule has 2 heterocycles. The maximum atomic E-state index is 13.8.